The van der Waals surface area contributed by atoms with Crippen LogP contribution in [0.3, 0.4) is 0 Å². The summed E-state index contributed by atoms with van der Waals surface area (Å²) in [7, 11) is 0. The number of aryl methyl sites for hydroxylation is 1. The molecule has 0 aliphatic carbocycles. The van der Waals surface area contributed by atoms with Crippen molar-refractivity contribution in [2.75, 3.05) is 0 Å². The van der Waals surface area contributed by atoms with Crippen molar-refractivity contribution in [3.63, 3.8) is 0 Å². The first-order chi connectivity index (χ1) is 6.59. The quantitative estimate of drug-likeness (QED) is 0.821. The number of carbonyl (C=O) groups is 1. The summed E-state index contributed by atoms with van der Waals surface area (Å²) in [5.41, 5.74) is 2.14. The molecule has 14 heavy (non-hydrogen) atoms. The van der Waals surface area contributed by atoms with Crippen molar-refractivity contribution in [3.05, 3.63) is 33.9 Å². The maximum absolute atomic E-state index is 10.8. The van der Waals surface area contributed by atoms with Crippen LogP contribution >= 0.6 is 15.9 Å². The maximum atomic E-state index is 10.8. The van der Waals surface area contributed by atoms with Crippen molar-refractivity contribution in [1.82, 2.24) is 4.98 Å². The van der Waals surface area contributed by atoms with Gasteiger partial charge in [0.2, 0.25) is 0 Å². The van der Waals surface area contributed by atoms with E-state index in [1.807, 2.05) is 25.1 Å². The molecule has 0 saturated carbocycles. The standard InChI is InChI=1S/C10H8BrNO2/c1-5-2-3-7-6(4-5)8(11)9(12-7)10(13)14/h2-4,12H,1H3,(H,13,14). The third-order valence-electron chi connectivity index (χ3n) is 2.10. The SMILES string of the molecule is Cc1ccc2[nH]c(C(=O)O)c(Br)c2c1. The number of fused-ring (bicyclic) bond motifs is 1. The van der Waals surface area contributed by atoms with Gasteiger partial charge in [-0.1, -0.05) is 11.6 Å². The van der Waals surface area contributed by atoms with Gasteiger partial charge in [0.05, 0.1) is 4.47 Å². The number of carboxylic acids is 1. The Kier molecular flexibility index (Phi) is 2.07. The molecule has 0 amide bonds. The molecule has 72 valence electrons. The van der Waals surface area contributed by atoms with Gasteiger partial charge >= 0.3 is 5.97 Å². The Morgan fingerprint density at radius 1 is 1.50 bits per heavy atom. The summed E-state index contributed by atoms with van der Waals surface area (Å²) in [6, 6.07) is 5.77. The lowest BCUT2D eigenvalue weighted by molar-refractivity contribution is 0.0690. The van der Waals surface area contributed by atoms with Crippen LogP contribution in [0.25, 0.3) is 10.9 Å². The Morgan fingerprint density at radius 2 is 2.21 bits per heavy atom. The molecular formula is C10H8BrNO2. The van der Waals surface area contributed by atoms with Gasteiger partial charge < -0.3 is 10.1 Å². The number of H-pyrrole nitrogens is 1. The van der Waals surface area contributed by atoms with Gasteiger partial charge in [-0.2, -0.15) is 0 Å². The van der Waals surface area contributed by atoms with Crippen molar-refractivity contribution in [2.45, 2.75) is 6.92 Å². The van der Waals surface area contributed by atoms with Gasteiger partial charge in [0.15, 0.2) is 0 Å². The first-order valence-electron chi connectivity index (χ1n) is 4.10. The van der Waals surface area contributed by atoms with Crippen LogP contribution in [0.2, 0.25) is 0 Å². The van der Waals surface area contributed by atoms with Gasteiger partial charge in [0.1, 0.15) is 5.69 Å². The average Bonchev–Trinajstić information content (AvgIpc) is 2.44. The predicted octanol–water partition coefficient (Wildman–Crippen LogP) is 2.94. The second-order valence-electron chi connectivity index (χ2n) is 3.17. The second-order valence-corrected chi connectivity index (χ2v) is 3.96. The third kappa shape index (κ3) is 1.32. The van der Waals surface area contributed by atoms with E-state index in [2.05, 4.69) is 20.9 Å². The van der Waals surface area contributed by atoms with E-state index in [1.165, 1.54) is 0 Å². The van der Waals surface area contributed by atoms with Crippen molar-refractivity contribution >= 4 is 32.8 Å². The molecule has 1 heterocycles. The fourth-order valence-electron chi connectivity index (χ4n) is 1.42. The van der Waals surface area contributed by atoms with Crippen molar-refractivity contribution in [2.24, 2.45) is 0 Å². The minimum Gasteiger partial charge on any atom is -0.477 e. The van der Waals surface area contributed by atoms with Crippen LogP contribution in [0.1, 0.15) is 16.1 Å². The fourth-order valence-corrected chi connectivity index (χ4v) is 2.02. The molecule has 0 radical (unpaired) electrons. The number of hydrogen-bond acceptors (Lipinski definition) is 1. The van der Waals surface area contributed by atoms with E-state index in [1.54, 1.807) is 0 Å². The van der Waals surface area contributed by atoms with E-state index in [-0.39, 0.29) is 5.69 Å². The Morgan fingerprint density at radius 3 is 2.86 bits per heavy atom. The van der Waals surface area contributed by atoms with E-state index >= 15 is 0 Å². The average molecular weight is 254 g/mol. The normalized spacial score (nSPS) is 10.7. The molecule has 3 nitrogen and oxygen atoms in total. The largest absolute Gasteiger partial charge is 0.477 e. The molecule has 0 fully saturated rings. The maximum Gasteiger partial charge on any atom is 0.353 e. The second kappa shape index (κ2) is 3.13. The minimum absolute atomic E-state index is 0.200. The zero-order valence-corrected chi connectivity index (χ0v) is 9.05. The van der Waals surface area contributed by atoms with Gasteiger partial charge in [0.25, 0.3) is 0 Å². The highest BCUT2D eigenvalue weighted by Crippen LogP contribution is 2.28. The van der Waals surface area contributed by atoms with Gasteiger partial charge in [0, 0.05) is 10.9 Å². The van der Waals surface area contributed by atoms with Crippen molar-refractivity contribution in [3.8, 4) is 0 Å². The summed E-state index contributed by atoms with van der Waals surface area (Å²) in [6.07, 6.45) is 0. The van der Waals surface area contributed by atoms with E-state index in [4.69, 9.17) is 5.11 Å². The van der Waals surface area contributed by atoms with Gasteiger partial charge in [-0.05, 0) is 35.0 Å². The molecule has 2 aromatic rings. The number of rotatable bonds is 1. The molecule has 0 aliphatic heterocycles. The van der Waals surface area contributed by atoms with E-state index in [0.29, 0.717) is 4.47 Å². The minimum atomic E-state index is -0.953. The Labute approximate surface area is 88.9 Å². The Hall–Kier alpha value is -1.29. The number of nitrogens with one attached hydrogen (secondary N) is 1. The highest BCUT2D eigenvalue weighted by Gasteiger charge is 2.14. The Bertz CT molecular complexity index is 516. The molecule has 2 N–H and O–H groups in total. The zero-order chi connectivity index (χ0) is 10.3. The molecule has 0 bridgehead atoms. The molecular weight excluding hydrogens is 246 g/mol. The van der Waals surface area contributed by atoms with Gasteiger partial charge in [-0.3, -0.25) is 0 Å². The molecule has 0 spiro atoms. The van der Waals surface area contributed by atoms with Gasteiger partial charge in [-0.15, -0.1) is 0 Å². The summed E-state index contributed by atoms with van der Waals surface area (Å²) >= 11 is 3.27. The molecule has 2 rings (SSSR count). The van der Waals surface area contributed by atoms with Crippen LogP contribution in [0.4, 0.5) is 0 Å². The first-order valence-corrected chi connectivity index (χ1v) is 4.90. The molecule has 4 heteroatoms. The molecule has 0 unspecified atom stereocenters. The number of carboxylic acid groups (broad SMARTS) is 1. The number of aromatic amines is 1. The number of hydrogen-bond donors (Lipinski definition) is 2. The number of aromatic nitrogens is 1. The molecule has 0 aliphatic rings. The highest BCUT2D eigenvalue weighted by molar-refractivity contribution is 9.10. The summed E-state index contributed by atoms with van der Waals surface area (Å²) in [5.74, 6) is -0.953. The summed E-state index contributed by atoms with van der Waals surface area (Å²) < 4.78 is 0.615. The summed E-state index contributed by atoms with van der Waals surface area (Å²) in [5, 5.41) is 9.78. The van der Waals surface area contributed by atoms with Crippen molar-refractivity contribution < 1.29 is 9.90 Å². The first kappa shape index (κ1) is 9.27. The smallest absolute Gasteiger partial charge is 0.353 e. The topological polar surface area (TPSA) is 53.1 Å². The van der Waals surface area contributed by atoms with Crippen LogP contribution in [-0.2, 0) is 0 Å². The highest BCUT2D eigenvalue weighted by atomic mass is 79.9. The van der Waals surface area contributed by atoms with Crippen LogP contribution in [0.5, 0.6) is 0 Å². The molecule has 0 saturated heterocycles. The molecule has 0 atom stereocenters. The van der Waals surface area contributed by atoms with E-state index in [9.17, 15) is 4.79 Å². The van der Waals surface area contributed by atoms with Crippen LogP contribution in [0.15, 0.2) is 22.7 Å². The van der Waals surface area contributed by atoms with Crippen molar-refractivity contribution in [1.29, 1.82) is 0 Å². The summed E-state index contributed by atoms with van der Waals surface area (Å²) in [6.45, 7) is 1.97. The lowest BCUT2D eigenvalue weighted by Crippen LogP contribution is -1.96. The van der Waals surface area contributed by atoms with Gasteiger partial charge in [-0.25, -0.2) is 4.79 Å². The lowest BCUT2D eigenvalue weighted by atomic mass is 10.2. The fraction of sp³-hybridized carbons (Fsp3) is 0.100. The molecule has 1 aromatic carbocycles. The number of aromatic carboxylic acids is 1. The Balaban J connectivity index is 2.80. The lowest BCUT2D eigenvalue weighted by Gasteiger charge is -1.92. The monoisotopic (exact) mass is 253 g/mol. The van der Waals surface area contributed by atoms with Crippen LogP contribution < -0.4 is 0 Å². The van der Waals surface area contributed by atoms with Crippen LogP contribution in [-0.4, -0.2) is 16.1 Å². The predicted molar refractivity (Wildman–Crippen MR) is 57.7 cm³/mol. The van der Waals surface area contributed by atoms with E-state index in [0.717, 1.165) is 16.5 Å². The van der Waals surface area contributed by atoms with Crippen LogP contribution in [0, 0.1) is 6.92 Å². The zero-order valence-electron chi connectivity index (χ0n) is 7.47. The number of halogens is 1. The summed E-state index contributed by atoms with van der Waals surface area (Å²) in [4.78, 5) is 13.7. The number of benzene rings is 1. The third-order valence-corrected chi connectivity index (χ3v) is 2.93. The molecule has 1 aromatic heterocycles. The van der Waals surface area contributed by atoms with E-state index < -0.39 is 5.97 Å².